The van der Waals surface area contributed by atoms with Crippen molar-refractivity contribution in [1.29, 1.82) is 0 Å². The van der Waals surface area contributed by atoms with Gasteiger partial charge in [-0.1, -0.05) is 6.92 Å². The van der Waals surface area contributed by atoms with E-state index in [0.29, 0.717) is 19.1 Å². The molecular weight excluding hydrogens is 242 g/mol. The van der Waals surface area contributed by atoms with Gasteiger partial charge in [-0.15, -0.1) is 0 Å². The lowest BCUT2D eigenvalue weighted by Crippen LogP contribution is -2.52. The van der Waals surface area contributed by atoms with Gasteiger partial charge < -0.3 is 15.4 Å². The fourth-order valence-electron chi connectivity index (χ4n) is 2.70. The summed E-state index contributed by atoms with van der Waals surface area (Å²) in [6.45, 7) is 7.29. The molecule has 5 heteroatoms. The summed E-state index contributed by atoms with van der Waals surface area (Å²) in [5.74, 6) is 0.267. The van der Waals surface area contributed by atoms with Gasteiger partial charge in [-0.2, -0.15) is 0 Å². The van der Waals surface area contributed by atoms with Gasteiger partial charge in [0.15, 0.2) is 0 Å². The quantitative estimate of drug-likeness (QED) is 0.660. The molecule has 2 N–H and O–H groups in total. The zero-order valence-electron chi connectivity index (χ0n) is 12.4. The molecule has 19 heavy (non-hydrogen) atoms. The molecule has 0 aromatic carbocycles. The summed E-state index contributed by atoms with van der Waals surface area (Å²) in [6.07, 6.45) is 3.62. The maximum atomic E-state index is 12.0. The fraction of sp³-hybridized carbons (Fsp3) is 0.929. The van der Waals surface area contributed by atoms with Crippen LogP contribution in [0.1, 0.15) is 32.6 Å². The highest BCUT2D eigenvalue weighted by Crippen LogP contribution is 2.12. The van der Waals surface area contributed by atoms with Crippen molar-refractivity contribution < 1.29 is 9.53 Å². The number of piperazine rings is 1. The molecule has 1 aliphatic rings. The molecule has 1 atom stereocenters. The third-order valence-electron chi connectivity index (χ3n) is 3.89. The van der Waals surface area contributed by atoms with Gasteiger partial charge >= 0.3 is 0 Å². The van der Waals surface area contributed by atoms with E-state index in [-0.39, 0.29) is 5.91 Å². The minimum Gasteiger partial charge on any atom is -0.385 e. The maximum Gasteiger partial charge on any atom is 0.222 e. The van der Waals surface area contributed by atoms with Crippen LogP contribution in [0, 0.1) is 0 Å². The first-order chi connectivity index (χ1) is 9.22. The summed E-state index contributed by atoms with van der Waals surface area (Å²) >= 11 is 0. The maximum absolute atomic E-state index is 12.0. The first-order valence-electron chi connectivity index (χ1n) is 7.43. The van der Waals surface area contributed by atoms with Crippen molar-refractivity contribution in [2.24, 2.45) is 5.73 Å². The van der Waals surface area contributed by atoms with Gasteiger partial charge in [0.05, 0.1) is 0 Å². The number of nitrogens with two attached hydrogens (primary N) is 1. The average Bonchev–Trinajstić information content (AvgIpc) is 2.45. The molecule has 0 aromatic rings. The van der Waals surface area contributed by atoms with Crippen LogP contribution in [0.25, 0.3) is 0 Å². The molecule has 1 aliphatic heterocycles. The second-order valence-electron chi connectivity index (χ2n) is 5.15. The van der Waals surface area contributed by atoms with Gasteiger partial charge in [0, 0.05) is 52.4 Å². The number of hydrogen-bond acceptors (Lipinski definition) is 4. The SMILES string of the molecule is CCC(CCN)N1CCN(C(=O)CCCOC)CC1. The van der Waals surface area contributed by atoms with Crippen LogP contribution in [-0.4, -0.2) is 68.2 Å². The number of carbonyl (C=O) groups is 1. The smallest absolute Gasteiger partial charge is 0.222 e. The Labute approximate surface area is 117 Å². The second kappa shape index (κ2) is 9.28. The molecule has 1 unspecified atom stereocenters. The number of amides is 1. The van der Waals surface area contributed by atoms with Crippen LogP contribution in [0.5, 0.6) is 0 Å². The highest BCUT2D eigenvalue weighted by atomic mass is 16.5. The third kappa shape index (κ3) is 5.47. The molecule has 0 spiro atoms. The highest BCUT2D eigenvalue weighted by Gasteiger charge is 2.24. The van der Waals surface area contributed by atoms with Crippen LogP contribution in [0.2, 0.25) is 0 Å². The summed E-state index contributed by atoms with van der Waals surface area (Å²) in [5.41, 5.74) is 5.65. The summed E-state index contributed by atoms with van der Waals surface area (Å²) < 4.78 is 4.98. The Morgan fingerprint density at radius 3 is 2.53 bits per heavy atom. The molecule has 1 fully saturated rings. The van der Waals surface area contributed by atoms with Crippen LogP contribution in [0.15, 0.2) is 0 Å². The van der Waals surface area contributed by atoms with Crippen LogP contribution in [0.4, 0.5) is 0 Å². The summed E-state index contributed by atoms with van der Waals surface area (Å²) in [4.78, 5) is 16.4. The summed E-state index contributed by atoms with van der Waals surface area (Å²) in [5, 5.41) is 0. The second-order valence-corrected chi connectivity index (χ2v) is 5.15. The molecule has 1 amide bonds. The van der Waals surface area contributed by atoms with Crippen molar-refractivity contribution in [3.8, 4) is 0 Å². The number of hydrogen-bond donors (Lipinski definition) is 1. The molecular formula is C14H29N3O2. The van der Waals surface area contributed by atoms with E-state index in [1.807, 2.05) is 4.90 Å². The first-order valence-corrected chi connectivity index (χ1v) is 7.43. The molecule has 1 saturated heterocycles. The Morgan fingerprint density at radius 1 is 1.32 bits per heavy atom. The molecule has 1 rings (SSSR count). The number of nitrogens with zero attached hydrogens (tertiary/aromatic N) is 2. The minimum atomic E-state index is 0.267. The van der Waals surface area contributed by atoms with Crippen molar-refractivity contribution in [3.63, 3.8) is 0 Å². The first kappa shape index (κ1) is 16.4. The molecule has 0 saturated carbocycles. The van der Waals surface area contributed by atoms with Crippen molar-refractivity contribution >= 4 is 5.91 Å². The van der Waals surface area contributed by atoms with Crippen LogP contribution in [-0.2, 0) is 9.53 Å². The predicted molar refractivity (Wildman–Crippen MR) is 77.0 cm³/mol. The Hall–Kier alpha value is -0.650. The Kier molecular flexibility index (Phi) is 8.02. The van der Waals surface area contributed by atoms with Crippen LogP contribution >= 0.6 is 0 Å². The van der Waals surface area contributed by atoms with Crippen molar-refractivity contribution in [3.05, 3.63) is 0 Å². The van der Waals surface area contributed by atoms with E-state index in [2.05, 4.69) is 11.8 Å². The van der Waals surface area contributed by atoms with Gasteiger partial charge in [0.1, 0.15) is 0 Å². The predicted octanol–water partition coefficient (Wildman–Crippen LogP) is 0.685. The van der Waals surface area contributed by atoms with Gasteiger partial charge in [-0.25, -0.2) is 0 Å². The normalized spacial score (nSPS) is 18.6. The minimum absolute atomic E-state index is 0.267. The van der Waals surface area contributed by atoms with Gasteiger partial charge in [-0.3, -0.25) is 9.69 Å². The largest absolute Gasteiger partial charge is 0.385 e. The summed E-state index contributed by atoms with van der Waals surface area (Å²) in [7, 11) is 1.67. The molecule has 0 radical (unpaired) electrons. The molecule has 0 aromatic heterocycles. The van der Waals surface area contributed by atoms with Crippen molar-refractivity contribution in [2.75, 3.05) is 46.4 Å². The van der Waals surface area contributed by atoms with E-state index in [1.165, 1.54) is 0 Å². The topological polar surface area (TPSA) is 58.8 Å². The lowest BCUT2D eigenvalue weighted by molar-refractivity contribution is -0.133. The van der Waals surface area contributed by atoms with Crippen molar-refractivity contribution in [2.45, 2.75) is 38.6 Å². The molecule has 1 heterocycles. The number of rotatable bonds is 8. The van der Waals surface area contributed by atoms with Gasteiger partial charge in [-0.05, 0) is 25.8 Å². The van der Waals surface area contributed by atoms with E-state index in [9.17, 15) is 4.79 Å². The van der Waals surface area contributed by atoms with Crippen LogP contribution in [0.3, 0.4) is 0 Å². The van der Waals surface area contributed by atoms with E-state index in [1.54, 1.807) is 7.11 Å². The van der Waals surface area contributed by atoms with E-state index in [0.717, 1.165) is 52.0 Å². The zero-order chi connectivity index (χ0) is 14.1. The molecule has 5 nitrogen and oxygen atoms in total. The standard InChI is InChI=1S/C14H29N3O2/c1-3-13(6-7-15)16-8-10-17(11-9-16)14(18)5-4-12-19-2/h13H,3-12,15H2,1-2H3. The zero-order valence-corrected chi connectivity index (χ0v) is 12.4. The number of ether oxygens (including phenoxy) is 1. The van der Waals surface area contributed by atoms with Crippen molar-refractivity contribution in [1.82, 2.24) is 9.80 Å². The van der Waals surface area contributed by atoms with E-state index < -0.39 is 0 Å². The summed E-state index contributed by atoms with van der Waals surface area (Å²) in [6, 6.07) is 0.579. The number of carbonyl (C=O) groups excluding carboxylic acids is 1. The van der Waals surface area contributed by atoms with E-state index >= 15 is 0 Å². The Morgan fingerprint density at radius 2 is 2.00 bits per heavy atom. The average molecular weight is 271 g/mol. The third-order valence-corrected chi connectivity index (χ3v) is 3.89. The molecule has 0 aliphatic carbocycles. The molecule has 112 valence electrons. The van der Waals surface area contributed by atoms with Gasteiger partial charge in [0.2, 0.25) is 5.91 Å². The van der Waals surface area contributed by atoms with Crippen LogP contribution < -0.4 is 5.73 Å². The lowest BCUT2D eigenvalue weighted by Gasteiger charge is -2.39. The fourth-order valence-corrected chi connectivity index (χ4v) is 2.70. The monoisotopic (exact) mass is 271 g/mol. The highest BCUT2D eigenvalue weighted by molar-refractivity contribution is 5.76. The molecule has 0 bridgehead atoms. The Bertz CT molecular complexity index is 253. The van der Waals surface area contributed by atoms with E-state index in [4.69, 9.17) is 10.5 Å². The number of methoxy groups -OCH3 is 1. The lowest BCUT2D eigenvalue weighted by atomic mass is 10.1. The Balaban J connectivity index is 2.29. The van der Waals surface area contributed by atoms with Gasteiger partial charge in [0.25, 0.3) is 0 Å².